The van der Waals surface area contributed by atoms with Crippen LogP contribution in [-0.4, -0.2) is 9.97 Å². The van der Waals surface area contributed by atoms with E-state index < -0.39 is 0 Å². The van der Waals surface area contributed by atoms with E-state index in [2.05, 4.69) is 15.3 Å². The SMILES string of the molecule is Cl.O=c1[nH]c2ccc(NCc3ccccc3F)cc2[nH]1. The van der Waals surface area contributed by atoms with Gasteiger partial charge in [0.2, 0.25) is 0 Å². The van der Waals surface area contributed by atoms with Gasteiger partial charge in [0.25, 0.3) is 0 Å². The van der Waals surface area contributed by atoms with E-state index in [0.29, 0.717) is 12.1 Å². The molecule has 0 aliphatic heterocycles. The van der Waals surface area contributed by atoms with Crippen molar-refractivity contribution >= 4 is 29.1 Å². The minimum atomic E-state index is -0.235. The van der Waals surface area contributed by atoms with E-state index in [1.807, 2.05) is 12.1 Å². The summed E-state index contributed by atoms with van der Waals surface area (Å²) in [6.45, 7) is 0.396. The molecule has 104 valence electrons. The lowest BCUT2D eigenvalue weighted by molar-refractivity contribution is 0.613. The van der Waals surface area contributed by atoms with Crippen LogP contribution >= 0.6 is 12.4 Å². The van der Waals surface area contributed by atoms with Crippen molar-refractivity contribution in [3.8, 4) is 0 Å². The molecule has 0 saturated heterocycles. The summed E-state index contributed by atoms with van der Waals surface area (Å²) >= 11 is 0. The van der Waals surface area contributed by atoms with E-state index in [4.69, 9.17) is 0 Å². The maximum atomic E-state index is 13.5. The van der Waals surface area contributed by atoms with Gasteiger partial charge in [-0.25, -0.2) is 9.18 Å². The Kier molecular flexibility index (Phi) is 4.10. The van der Waals surface area contributed by atoms with E-state index in [9.17, 15) is 9.18 Å². The Morgan fingerprint density at radius 1 is 1.05 bits per heavy atom. The van der Waals surface area contributed by atoms with Crippen molar-refractivity contribution in [3.05, 3.63) is 64.3 Å². The fraction of sp³-hybridized carbons (Fsp3) is 0.0714. The molecule has 3 rings (SSSR count). The van der Waals surface area contributed by atoms with Crippen molar-refractivity contribution in [1.82, 2.24) is 9.97 Å². The first-order valence-corrected chi connectivity index (χ1v) is 5.92. The summed E-state index contributed by atoms with van der Waals surface area (Å²) in [6, 6.07) is 12.1. The third-order valence-corrected chi connectivity index (χ3v) is 2.96. The zero-order chi connectivity index (χ0) is 13.2. The van der Waals surface area contributed by atoms with Gasteiger partial charge in [0.15, 0.2) is 0 Å². The van der Waals surface area contributed by atoms with Crippen LogP contribution in [0, 0.1) is 5.82 Å². The number of hydrogen-bond donors (Lipinski definition) is 3. The van der Waals surface area contributed by atoms with Gasteiger partial charge in [0, 0.05) is 17.8 Å². The third kappa shape index (κ3) is 2.83. The number of rotatable bonds is 3. The Morgan fingerprint density at radius 3 is 2.60 bits per heavy atom. The van der Waals surface area contributed by atoms with Gasteiger partial charge in [-0.05, 0) is 24.3 Å². The van der Waals surface area contributed by atoms with Gasteiger partial charge in [-0.15, -0.1) is 12.4 Å². The van der Waals surface area contributed by atoms with E-state index in [-0.39, 0.29) is 23.9 Å². The van der Waals surface area contributed by atoms with Crippen molar-refractivity contribution in [1.29, 1.82) is 0 Å². The molecule has 0 bridgehead atoms. The molecule has 0 atom stereocenters. The molecule has 1 aromatic heterocycles. The van der Waals surface area contributed by atoms with Crippen LogP contribution in [0.4, 0.5) is 10.1 Å². The molecule has 0 aliphatic carbocycles. The summed E-state index contributed by atoms with van der Waals surface area (Å²) in [5.41, 5.74) is 2.67. The summed E-state index contributed by atoms with van der Waals surface area (Å²) in [5.74, 6) is -0.230. The molecule has 0 aliphatic rings. The Morgan fingerprint density at radius 2 is 1.80 bits per heavy atom. The van der Waals surface area contributed by atoms with Crippen LogP contribution in [0.15, 0.2) is 47.3 Å². The number of halogens is 2. The lowest BCUT2D eigenvalue weighted by atomic mass is 10.2. The molecule has 0 radical (unpaired) electrons. The molecule has 0 fully saturated rings. The monoisotopic (exact) mass is 293 g/mol. The van der Waals surface area contributed by atoms with E-state index in [1.165, 1.54) is 6.07 Å². The number of anilines is 1. The van der Waals surface area contributed by atoms with Crippen molar-refractivity contribution < 1.29 is 4.39 Å². The summed E-state index contributed by atoms with van der Waals surface area (Å²) in [7, 11) is 0. The fourth-order valence-corrected chi connectivity index (χ4v) is 1.98. The molecule has 3 N–H and O–H groups in total. The van der Waals surface area contributed by atoms with Crippen LogP contribution in [0.2, 0.25) is 0 Å². The second kappa shape index (κ2) is 5.79. The van der Waals surface area contributed by atoms with Crippen LogP contribution in [0.25, 0.3) is 11.0 Å². The highest BCUT2D eigenvalue weighted by atomic mass is 35.5. The van der Waals surface area contributed by atoms with Gasteiger partial charge in [0.1, 0.15) is 5.82 Å². The number of fused-ring (bicyclic) bond motifs is 1. The topological polar surface area (TPSA) is 60.7 Å². The standard InChI is InChI=1S/C14H12FN3O.ClH/c15-11-4-2-1-3-9(11)8-16-10-5-6-12-13(7-10)18-14(19)17-12;/h1-7,16H,8H2,(H2,17,18,19);1H. The Hall–Kier alpha value is -2.27. The number of aromatic amines is 2. The van der Waals surface area contributed by atoms with E-state index >= 15 is 0 Å². The number of nitrogens with one attached hydrogen (secondary N) is 3. The lowest BCUT2D eigenvalue weighted by Crippen LogP contribution is -2.01. The molecular weight excluding hydrogens is 281 g/mol. The van der Waals surface area contributed by atoms with Gasteiger partial charge < -0.3 is 15.3 Å². The van der Waals surface area contributed by atoms with Crippen LogP contribution in [0.5, 0.6) is 0 Å². The summed E-state index contributed by atoms with van der Waals surface area (Å²) in [6.07, 6.45) is 0. The molecule has 1 heterocycles. The molecule has 0 amide bonds. The van der Waals surface area contributed by atoms with Crippen molar-refractivity contribution in [2.75, 3.05) is 5.32 Å². The Bertz CT molecular complexity index is 781. The molecule has 6 heteroatoms. The number of benzene rings is 2. The number of aromatic nitrogens is 2. The largest absolute Gasteiger partial charge is 0.381 e. The van der Waals surface area contributed by atoms with Gasteiger partial charge in [0.05, 0.1) is 11.0 Å². The predicted octanol–water partition coefficient (Wildman–Crippen LogP) is 3.03. The zero-order valence-corrected chi connectivity index (χ0v) is 11.3. The van der Waals surface area contributed by atoms with Gasteiger partial charge in [-0.2, -0.15) is 0 Å². The third-order valence-electron chi connectivity index (χ3n) is 2.96. The second-order valence-electron chi connectivity index (χ2n) is 4.28. The molecule has 20 heavy (non-hydrogen) atoms. The van der Waals surface area contributed by atoms with Crippen LogP contribution in [0.3, 0.4) is 0 Å². The second-order valence-corrected chi connectivity index (χ2v) is 4.28. The summed E-state index contributed by atoms with van der Waals surface area (Å²) in [5, 5.41) is 3.13. The number of imidazole rings is 1. The van der Waals surface area contributed by atoms with Crippen molar-refractivity contribution in [3.63, 3.8) is 0 Å². The maximum Gasteiger partial charge on any atom is 0.323 e. The highest BCUT2D eigenvalue weighted by molar-refractivity contribution is 5.85. The van der Waals surface area contributed by atoms with Crippen LogP contribution in [0.1, 0.15) is 5.56 Å². The molecular formula is C14H13ClFN3O. The quantitative estimate of drug-likeness (QED) is 0.695. The van der Waals surface area contributed by atoms with Gasteiger partial charge >= 0.3 is 5.69 Å². The average molecular weight is 294 g/mol. The Labute approximate surface area is 120 Å². The molecule has 0 saturated carbocycles. The number of hydrogen-bond acceptors (Lipinski definition) is 2. The minimum Gasteiger partial charge on any atom is -0.381 e. The van der Waals surface area contributed by atoms with Crippen molar-refractivity contribution in [2.45, 2.75) is 6.54 Å². The predicted molar refractivity (Wildman–Crippen MR) is 79.9 cm³/mol. The first-order chi connectivity index (χ1) is 9.22. The summed E-state index contributed by atoms with van der Waals surface area (Å²) < 4.78 is 13.5. The van der Waals surface area contributed by atoms with Gasteiger partial charge in [-0.3, -0.25) is 0 Å². The first-order valence-electron chi connectivity index (χ1n) is 5.92. The molecule has 0 spiro atoms. The van der Waals surface area contributed by atoms with Gasteiger partial charge in [-0.1, -0.05) is 18.2 Å². The smallest absolute Gasteiger partial charge is 0.323 e. The highest BCUT2D eigenvalue weighted by Gasteiger charge is 2.02. The fourth-order valence-electron chi connectivity index (χ4n) is 1.98. The zero-order valence-electron chi connectivity index (χ0n) is 10.4. The average Bonchev–Trinajstić information content (AvgIpc) is 2.77. The molecule has 0 unspecified atom stereocenters. The molecule has 4 nitrogen and oxygen atoms in total. The lowest BCUT2D eigenvalue weighted by Gasteiger charge is -2.07. The maximum absolute atomic E-state index is 13.5. The number of H-pyrrole nitrogens is 2. The van der Waals surface area contributed by atoms with E-state index in [0.717, 1.165) is 16.7 Å². The van der Waals surface area contributed by atoms with Crippen LogP contribution < -0.4 is 11.0 Å². The van der Waals surface area contributed by atoms with Crippen molar-refractivity contribution in [2.24, 2.45) is 0 Å². The molecule has 3 aromatic rings. The Balaban J connectivity index is 0.00000147. The van der Waals surface area contributed by atoms with E-state index in [1.54, 1.807) is 24.3 Å². The normalized spacial score (nSPS) is 10.2. The summed E-state index contributed by atoms with van der Waals surface area (Å²) in [4.78, 5) is 16.5. The first kappa shape index (κ1) is 14.1. The van der Waals surface area contributed by atoms with Crippen LogP contribution in [-0.2, 0) is 6.54 Å². The minimum absolute atomic E-state index is 0. The molecule has 2 aromatic carbocycles. The highest BCUT2D eigenvalue weighted by Crippen LogP contribution is 2.16.